The minimum absolute atomic E-state index is 0.0496. The van der Waals surface area contributed by atoms with Crippen molar-refractivity contribution in [2.45, 2.75) is 52.3 Å². The molecule has 6 nitrogen and oxygen atoms in total. The van der Waals surface area contributed by atoms with E-state index in [0.29, 0.717) is 19.8 Å². The first-order valence-electron chi connectivity index (χ1n) is 12.0. The van der Waals surface area contributed by atoms with E-state index in [4.69, 9.17) is 9.72 Å². The lowest BCUT2D eigenvalue weighted by Crippen LogP contribution is -2.50. The fraction of sp³-hybridized carbons (Fsp3) is 0.407. The van der Waals surface area contributed by atoms with E-state index in [1.165, 1.54) is 5.56 Å². The number of hydrogen-bond donors (Lipinski definition) is 0. The Bertz CT molecular complexity index is 1150. The van der Waals surface area contributed by atoms with E-state index in [1.54, 1.807) is 0 Å². The van der Waals surface area contributed by atoms with Gasteiger partial charge in [0, 0.05) is 30.8 Å². The van der Waals surface area contributed by atoms with Gasteiger partial charge in [0.15, 0.2) is 0 Å². The molecule has 3 heterocycles. The SMILES string of the molecule is CCc1ccc(N2CN(CC3CCCO3)Cn3c2nc(C)c(Cc2ccccc2)c3=O)cc1. The molecule has 1 unspecified atom stereocenters. The summed E-state index contributed by atoms with van der Waals surface area (Å²) < 4.78 is 7.75. The molecule has 2 aliphatic heterocycles. The third kappa shape index (κ3) is 4.59. The summed E-state index contributed by atoms with van der Waals surface area (Å²) in [6.07, 6.45) is 4.01. The zero-order valence-electron chi connectivity index (χ0n) is 19.5. The molecule has 1 aromatic heterocycles. The lowest BCUT2D eigenvalue weighted by atomic mass is 10.1. The van der Waals surface area contributed by atoms with Crippen molar-refractivity contribution in [2.75, 3.05) is 24.7 Å². The molecule has 2 aromatic carbocycles. The van der Waals surface area contributed by atoms with Gasteiger partial charge in [0.1, 0.15) is 0 Å². The van der Waals surface area contributed by atoms with Gasteiger partial charge >= 0.3 is 0 Å². The summed E-state index contributed by atoms with van der Waals surface area (Å²) in [5.41, 5.74) is 5.10. The molecule has 5 rings (SSSR count). The van der Waals surface area contributed by atoms with Crippen LogP contribution >= 0.6 is 0 Å². The van der Waals surface area contributed by atoms with Crippen molar-refractivity contribution in [3.8, 4) is 0 Å². The summed E-state index contributed by atoms with van der Waals surface area (Å²) >= 11 is 0. The molecule has 0 spiro atoms. The maximum Gasteiger partial charge on any atom is 0.259 e. The lowest BCUT2D eigenvalue weighted by Gasteiger charge is -2.39. The third-order valence-corrected chi connectivity index (χ3v) is 6.74. The Kier molecular flexibility index (Phi) is 6.29. The van der Waals surface area contributed by atoms with Crippen LogP contribution in [0.1, 0.15) is 42.1 Å². The summed E-state index contributed by atoms with van der Waals surface area (Å²) in [6, 6.07) is 18.7. The van der Waals surface area contributed by atoms with E-state index in [0.717, 1.165) is 60.9 Å². The minimum atomic E-state index is 0.0496. The maximum absolute atomic E-state index is 13.7. The van der Waals surface area contributed by atoms with Gasteiger partial charge in [0.05, 0.1) is 25.1 Å². The fourth-order valence-corrected chi connectivity index (χ4v) is 4.83. The van der Waals surface area contributed by atoms with Crippen LogP contribution in [0.2, 0.25) is 0 Å². The van der Waals surface area contributed by atoms with E-state index >= 15 is 0 Å². The Hall–Kier alpha value is -2.96. The molecule has 6 heteroatoms. The van der Waals surface area contributed by atoms with Crippen molar-refractivity contribution in [1.82, 2.24) is 14.5 Å². The number of aryl methyl sites for hydroxylation is 2. The summed E-state index contributed by atoms with van der Waals surface area (Å²) in [5.74, 6) is 0.724. The smallest absolute Gasteiger partial charge is 0.259 e. The fourth-order valence-electron chi connectivity index (χ4n) is 4.83. The molecule has 1 atom stereocenters. The molecular weight excluding hydrogens is 412 g/mol. The van der Waals surface area contributed by atoms with Crippen molar-refractivity contribution < 1.29 is 4.74 Å². The van der Waals surface area contributed by atoms with Crippen LogP contribution in [0, 0.1) is 6.92 Å². The number of aromatic nitrogens is 2. The van der Waals surface area contributed by atoms with Gasteiger partial charge < -0.3 is 4.74 Å². The lowest BCUT2D eigenvalue weighted by molar-refractivity contribution is 0.0584. The Morgan fingerprint density at radius 3 is 2.52 bits per heavy atom. The zero-order valence-corrected chi connectivity index (χ0v) is 19.5. The molecule has 2 aliphatic rings. The molecule has 0 aliphatic carbocycles. The molecule has 33 heavy (non-hydrogen) atoms. The first kappa shape index (κ1) is 21.9. The van der Waals surface area contributed by atoms with Crippen LogP contribution in [0.5, 0.6) is 0 Å². The first-order chi connectivity index (χ1) is 16.1. The predicted octanol–water partition coefficient (Wildman–Crippen LogP) is 4.25. The highest BCUT2D eigenvalue weighted by molar-refractivity contribution is 5.59. The number of nitrogens with zero attached hydrogens (tertiary/aromatic N) is 4. The van der Waals surface area contributed by atoms with Crippen molar-refractivity contribution in [3.05, 3.63) is 87.3 Å². The Labute approximate surface area is 195 Å². The summed E-state index contributed by atoms with van der Waals surface area (Å²) in [4.78, 5) is 23.2. The van der Waals surface area contributed by atoms with Crippen molar-refractivity contribution in [2.24, 2.45) is 0 Å². The van der Waals surface area contributed by atoms with Crippen molar-refractivity contribution >= 4 is 11.6 Å². The predicted molar refractivity (Wildman–Crippen MR) is 131 cm³/mol. The molecule has 1 saturated heterocycles. The van der Waals surface area contributed by atoms with Gasteiger partial charge in [-0.3, -0.25) is 19.2 Å². The van der Waals surface area contributed by atoms with Gasteiger partial charge in [-0.15, -0.1) is 0 Å². The average Bonchev–Trinajstić information content (AvgIpc) is 3.36. The molecule has 1 fully saturated rings. The molecule has 0 amide bonds. The third-order valence-electron chi connectivity index (χ3n) is 6.74. The number of rotatable bonds is 6. The average molecular weight is 445 g/mol. The molecule has 0 bridgehead atoms. The largest absolute Gasteiger partial charge is 0.377 e. The number of fused-ring (bicyclic) bond motifs is 1. The van der Waals surface area contributed by atoms with Gasteiger partial charge in [-0.2, -0.15) is 0 Å². The maximum atomic E-state index is 13.7. The number of benzene rings is 2. The first-order valence-corrected chi connectivity index (χ1v) is 12.0. The van der Waals surface area contributed by atoms with Crippen LogP contribution in [-0.4, -0.2) is 40.4 Å². The second kappa shape index (κ2) is 9.49. The van der Waals surface area contributed by atoms with E-state index in [1.807, 2.05) is 29.7 Å². The minimum Gasteiger partial charge on any atom is -0.377 e. The van der Waals surface area contributed by atoms with Gasteiger partial charge in [0.2, 0.25) is 5.95 Å². The highest BCUT2D eigenvalue weighted by Gasteiger charge is 2.30. The van der Waals surface area contributed by atoms with E-state index in [-0.39, 0.29) is 11.7 Å². The molecule has 0 radical (unpaired) electrons. The van der Waals surface area contributed by atoms with Gasteiger partial charge in [-0.25, -0.2) is 4.98 Å². The monoisotopic (exact) mass is 444 g/mol. The van der Waals surface area contributed by atoms with Crippen LogP contribution in [0.4, 0.5) is 11.6 Å². The van der Waals surface area contributed by atoms with Crippen LogP contribution in [0.25, 0.3) is 0 Å². The highest BCUT2D eigenvalue weighted by Crippen LogP contribution is 2.29. The molecule has 3 aromatic rings. The van der Waals surface area contributed by atoms with Crippen LogP contribution in [-0.2, 0) is 24.2 Å². The quantitative estimate of drug-likeness (QED) is 0.569. The zero-order chi connectivity index (χ0) is 22.8. The van der Waals surface area contributed by atoms with E-state index in [2.05, 4.69) is 53.1 Å². The van der Waals surface area contributed by atoms with E-state index < -0.39 is 0 Å². The van der Waals surface area contributed by atoms with Crippen LogP contribution in [0.15, 0.2) is 59.4 Å². The van der Waals surface area contributed by atoms with Gasteiger partial charge in [0.25, 0.3) is 5.56 Å². The van der Waals surface area contributed by atoms with Crippen LogP contribution in [0.3, 0.4) is 0 Å². The number of anilines is 2. The molecule has 0 N–H and O–H groups in total. The Morgan fingerprint density at radius 2 is 1.82 bits per heavy atom. The summed E-state index contributed by atoms with van der Waals surface area (Å²) in [7, 11) is 0. The molecule has 0 saturated carbocycles. The van der Waals surface area contributed by atoms with Gasteiger partial charge in [-0.1, -0.05) is 49.4 Å². The van der Waals surface area contributed by atoms with Gasteiger partial charge in [-0.05, 0) is 49.4 Å². The number of hydrogen-bond acceptors (Lipinski definition) is 5. The number of ether oxygens (including phenoxy) is 1. The Morgan fingerprint density at radius 1 is 1.03 bits per heavy atom. The van der Waals surface area contributed by atoms with Crippen LogP contribution < -0.4 is 10.5 Å². The normalized spacial score (nSPS) is 18.5. The summed E-state index contributed by atoms with van der Waals surface area (Å²) in [5, 5.41) is 0. The topological polar surface area (TPSA) is 50.6 Å². The van der Waals surface area contributed by atoms with Crippen molar-refractivity contribution in [1.29, 1.82) is 0 Å². The molecular formula is C27H32N4O2. The van der Waals surface area contributed by atoms with Crippen molar-refractivity contribution in [3.63, 3.8) is 0 Å². The standard InChI is InChI=1S/C27H32N4O2/c1-3-21-11-13-23(14-12-21)30-18-29(17-24-10-7-15-33-24)19-31-26(32)25(20(2)28-27(30)31)16-22-8-5-4-6-9-22/h4-6,8-9,11-14,24H,3,7,10,15-19H2,1-2H3. The van der Waals surface area contributed by atoms with E-state index in [9.17, 15) is 4.79 Å². The second-order valence-corrected chi connectivity index (χ2v) is 9.09. The Balaban J connectivity index is 1.54. The second-order valence-electron chi connectivity index (χ2n) is 9.09. The summed E-state index contributed by atoms with van der Waals surface area (Å²) in [6.45, 7) is 6.99. The molecule has 172 valence electrons. The highest BCUT2D eigenvalue weighted by atomic mass is 16.5.